The van der Waals surface area contributed by atoms with Gasteiger partial charge in [-0.05, 0) is 55.2 Å². The summed E-state index contributed by atoms with van der Waals surface area (Å²) < 4.78 is 0. The number of likely N-dealkylation sites (tertiary alicyclic amines) is 1. The molecule has 1 unspecified atom stereocenters. The molecule has 1 aliphatic rings. The Hall–Kier alpha value is -2.66. The number of anilines is 1. The highest BCUT2D eigenvalue weighted by molar-refractivity contribution is 6.30. The minimum atomic E-state index is -0.0564. The van der Waals surface area contributed by atoms with Crippen LogP contribution in [0.5, 0.6) is 0 Å². The molecule has 132 valence electrons. The number of halogens is 1. The van der Waals surface area contributed by atoms with Crippen molar-refractivity contribution in [2.45, 2.75) is 25.8 Å². The van der Waals surface area contributed by atoms with Crippen molar-refractivity contribution in [1.29, 1.82) is 0 Å². The van der Waals surface area contributed by atoms with Gasteiger partial charge in [-0.25, -0.2) is 9.97 Å². The molecule has 2 aromatic heterocycles. The molecular formula is C20H19ClN4O. The van der Waals surface area contributed by atoms with Crippen molar-refractivity contribution in [2.24, 2.45) is 0 Å². The molecule has 1 aliphatic heterocycles. The first-order valence-corrected chi connectivity index (χ1v) is 9.00. The lowest BCUT2D eigenvalue weighted by Gasteiger charge is -2.25. The molecule has 5 nitrogen and oxygen atoms in total. The second-order valence-electron chi connectivity index (χ2n) is 6.63. The zero-order valence-corrected chi connectivity index (χ0v) is 15.2. The summed E-state index contributed by atoms with van der Waals surface area (Å²) in [5.41, 5.74) is 9.10. The summed E-state index contributed by atoms with van der Waals surface area (Å²) in [6.07, 6.45) is 3.60. The summed E-state index contributed by atoms with van der Waals surface area (Å²) in [6, 6.07) is 11.3. The highest BCUT2D eigenvalue weighted by Gasteiger charge is 2.31. The second-order valence-corrected chi connectivity index (χ2v) is 7.06. The van der Waals surface area contributed by atoms with Crippen LogP contribution in [0.25, 0.3) is 10.9 Å². The van der Waals surface area contributed by atoms with Crippen LogP contribution in [0.2, 0.25) is 5.02 Å². The summed E-state index contributed by atoms with van der Waals surface area (Å²) in [4.78, 5) is 23.8. The van der Waals surface area contributed by atoms with Crippen LogP contribution in [0.1, 0.15) is 40.5 Å². The van der Waals surface area contributed by atoms with Gasteiger partial charge in [0.25, 0.3) is 5.91 Å². The van der Waals surface area contributed by atoms with Gasteiger partial charge in [-0.2, -0.15) is 0 Å². The maximum absolute atomic E-state index is 13.1. The van der Waals surface area contributed by atoms with Crippen molar-refractivity contribution in [3.63, 3.8) is 0 Å². The predicted octanol–water partition coefficient (Wildman–Crippen LogP) is 4.15. The lowest BCUT2D eigenvalue weighted by molar-refractivity contribution is 0.0730. The second kappa shape index (κ2) is 6.57. The van der Waals surface area contributed by atoms with E-state index in [4.69, 9.17) is 17.3 Å². The van der Waals surface area contributed by atoms with Gasteiger partial charge < -0.3 is 10.6 Å². The van der Waals surface area contributed by atoms with E-state index >= 15 is 0 Å². The largest absolute Gasteiger partial charge is 0.383 e. The average molecular weight is 367 g/mol. The van der Waals surface area contributed by atoms with Crippen LogP contribution in [-0.2, 0) is 0 Å². The number of carbonyl (C=O) groups is 1. The Labute approximate surface area is 156 Å². The third kappa shape index (κ3) is 2.88. The Morgan fingerprint density at radius 2 is 2.00 bits per heavy atom. The number of aryl methyl sites for hydroxylation is 1. The number of carbonyl (C=O) groups excluding carboxylic acids is 1. The minimum absolute atomic E-state index is 0.0564. The van der Waals surface area contributed by atoms with Gasteiger partial charge in [0.2, 0.25) is 0 Å². The predicted molar refractivity (Wildman–Crippen MR) is 103 cm³/mol. The van der Waals surface area contributed by atoms with Gasteiger partial charge in [-0.15, -0.1) is 0 Å². The molecule has 3 heterocycles. The van der Waals surface area contributed by atoms with Crippen LogP contribution in [0.4, 0.5) is 5.82 Å². The number of pyridine rings is 2. The van der Waals surface area contributed by atoms with Crippen LogP contribution in [0.15, 0.2) is 42.6 Å². The Kier molecular flexibility index (Phi) is 4.24. The first-order valence-electron chi connectivity index (χ1n) is 8.63. The monoisotopic (exact) mass is 366 g/mol. The molecule has 1 atom stereocenters. The van der Waals surface area contributed by atoms with E-state index < -0.39 is 0 Å². The SMILES string of the molecule is Cc1cnc(N)c2ccc(C(=O)N3CCCC3c3ccc(Cl)cc3)nc12. The van der Waals surface area contributed by atoms with Crippen molar-refractivity contribution >= 4 is 34.2 Å². The first-order chi connectivity index (χ1) is 12.5. The summed E-state index contributed by atoms with van der Waals surface area (Å²) in [5, 5.41) is 1.47. The molecular weight excluding hydrogens is 348 g/mol. The van der Waals surface area contributed by atoms with Gasteiger partial charge >= 0.3 is 0 Å². The van der Waals surface area contributed by atoms with E-state index in [0.717, 1.165) is 41.4 Å². The minimum Gasteiger partial charge on any atom is -0.383 e. The molecule has 1 amide bonds. The molecule has 4 rings (SSSR count). The molecule has 0 aliphatic carbocycles. The number of fused-ring (bicyclic) bond motifs is 1. The summed E-state index contributed by atoms with van der Waals surface area (Å²) in [6.45, 7) is 2.64. The Balaban J connectivity index is 1.69. The number of hydrogen-bond acceptors (Lipinski definition) is 4. The lowest BCUT2D eigenvalue weighted by Crippen LogP contribution is -2.31. The quantitative estimate of drug-likeness (QED) is 0.739. The van der Waals surface area contributed by atoms with Gasteiger partial charge in [0.1, 0.15) is 11.5 Å². The normalized spacial score (nSPS) is 17.0. The van der Waals surface area contributed by atoms with E-state index in [1.807, 2.05) is 42.2 Å². The molecule has 0 saturated carbocycles. The zero-order chi connectivity index (χ0) is 18.3. The summed E-state index contributed by atoms with van der Waals surface area (Å²) >= 11 is 5.99. The third-order valence-electron chi connectivity index (χ3n) is 4.93. The van der Waals surface area contributed by atoms with Crippen LogP contribution in [-0.4, -0.2) is 27.3 Å². The Morgan fingerprint density at radius 1 is 1.23 bits per heavy atom. The number of benzene rings is 1. The molecule has 0 spiro atoms. The fraction of sp³-hybridized carbons (Fsp3) is 0.250. The number of aromatic nitrogens is 2. The van der Waals surface area contributed by atoms with Crippen LogP contribution >= 0.6 is 11.6 Å². The van der Waals surface area contributed by atoms with E-state index in [2.05, 4.69) is 9.97 Å². The maximum Gasteiger partial charge on any atom is 0.272 e. The molecule has 0 bridgehead atoms. The van der Waals surface area contributed by atoms with E-state index in [1.54, 1.807) is 12.3 Å². The molecule has 0 radical (unpaired) electrons. The average Bonchev–Trinajstić information content (AvgIpc) is 3.14. The van der Waals surface area contributed by atoms with Crippen LogP contribution in [0, 0.1) is 6.92 Å². The Bertz CT molecular complexity index is 987. The van der Waals surface area contributed by atoms with Gasteiger partial charge in [-0.1, -0.05) is 23.7 Å². The molecule has 3 aromatic rings. The molecule has 1 fully saturated rings. The lowest BCUT2D eigenvalue weighted by atomic mass is 10.0. The number of nitrogens with zero attached hydrogens (tertiary/aromatic N) is 3. The number of rotatable bonds is 2. The van der Waals surface area contributed by atoms with Crippen molar-refractivity contribution in [2.75, 3.05) is 12.3 Å². The molecule has 2 N–H and O–H groups in total. The van der Waals surface area contributed by atoms with E-state index in [1.165, 1.54) is 0 Å². The van der Waals surface area contributed by atoms with Crippen LogP contribution in [0.3, 0.4) is 0 Å². The van der Waals surface area contributed by atoms with Crippen molar-refractivity contribution in [3.05, 3.63) is 64.4 Å². The van der Waals surface area contributed by atoms with Crippen molar-refractivity contribution < 1.29 is 4.79 Å². The first kappa shape index (κ1) is 16.8. The third-order valence-corrected chi connectivity index (χ3v) is 5.18. The molecule has 26 heavy (non-hydrogen) atoms. The van der Waals surface area contributed by atoms with E-state index in [-0.39, 0.29) is 11.9 Å². The molecule has 6 heteroatoms. The Morgan fingerprint density at radius 3 is 2.77 bits per heavy atom. The van der Waals surface area contributed by atoms with Crippen molar-refractivity contribution in [1.82, 2.24) is 14.9 Å². The fourth-order valence-corrected chi connectivity index (χ4v) is 3.70. The van der Waals surface area contributed by atoms with Crippen molar-refractivity contribution in [3.8, 4) is 0 Å². The molecule has 1 aromatic carbocycles. The number of nitrogens with two attached hydrogens (primary N) is 1. The maximum atomic E-state index is 13.1. The summed E-state index contributed by atoms with van der Waals surface area (Å²) in [5.74, 6) is 0.372. The molecule has 1 saturated heterocycles. The fourth-order valence-electron chi connectivity index (χ4n) is 3.57. The van der Waals surface area contributed by atoms with Gasteiger partial charge in [0, 0.05) is 23.2 Å². The van der Waals surface area contributed by atoms with Gasteiger partial charge in [0.05, 0.1) is 11.6 Å². The zero-order valence-electron chi connectivity index (χ0n) is 14.4. The summed E-state index contributed by atoms with van der Waals surface area (Å²) in [7, 11) is 0. The number of hydrogen-bond donors (Lipinski definition) is 1. The van der Waals surface area contributed by atoms with Crippen LogP contribution < -0.4 is 5.73 Å². The van der Waals surface area contributed by atoms with Gasteiger partial charge in [0.15, 0.2) is 0 Å². The number of amides is 1. The highest BCUT2D eigenvalue weighted by Crippen LogP contribution is 2.33. The van der Waals surface area contributed by atoms with E-state index in [9.17, 15) is 4.79 Å². The topological polar surface area (TPSA) is 72.1 Å². The highest BCUT2D eigenvalue weighted by atomic mass is 35.5. The standard InChI is InChI=1S/C20H19ClN4O/c1-12-11-23-19(22)15-8-9-16(24-18(12)15)20(26)25-10-2-3-17(25)13-4-6-14(21)7-5-13/h4-9,11,17H,2-3,10H2,1H3,(H2,22,23). The smallest absolute Gasteiger partial charge is 0.272 e. The van der Waals surface area contributed by atoms with Gasteiger partial charge in [-0.3, -0.25) is 4.79 Å². The number of nitrogen functional groups attached to an aromatic ring is 1. The van der Waals surface area contributed by atoms with E-state index in [0.29, 0.717) is 16.5 Å².